The van der Waals surface area contributed by atoms with E-state index in [0.29, 0.717) is 29.0 Å². The standard InChI is InChI=1S/C24H23F2NO4/c1-29-19-10-7-17(8-11-19)21-15-18(9-12-22(21)31-24(25)26)27-23(28)13-6-16-4-3-5-20(14-16)30-2/h3-5,7-12,14-15,24H,6,13H2,1-2H3,(H,27,28). The van der Waals surface area contributed by atoms with E-state index in [9.17, 15) is 13.6 Å². The lowest BCUT2D eigenvalue weighted by atomic mass is 10.0. The molecular formula is C24H23F2NO4. The Hall–Kier alpha value is -3.61. The number of amides is 1. The summed E-state index contributed by atoms with van der Waals surface area (Å²) in [5.74, 6) is 1.21. The van der Waals surface area contributed by atoms with Crippen LogP contribution in [0.4, 0.5) is 14.5 Å². The highest BCUT2D eigenvalue weighted by Gasteiger charge is 2.14. The number of halogens is 2. The van der Waals surface area contributed by atoms with Crippen molar-refractivity contribution in [2.75, 3.05) is 19.5 Å². The van der Waals surface area contributed by atoms with Crippen LogP contribution in [0.2, 0.25) is 0 Å². The Morgan fingerprint density at radius 2 is 1.68 bits per heavy atom. The van der Waals surface area contributed by atoms with Gasteiger partial charge in [-0.05, 0) is 60.0 Å². The smallest absolute Gasteiger partial charge is 0.387 e. The van der Waals surface area contributed by atoms with Crippen LogP contribution in [-0.4, -0.2) is 26.7 Å². The molecule has 0 atom stereocenters. The first-order valence-corrected chi connectivity index (χ1v) is 9.64. The van der Waals surface area contributed by atoms with Crippen LogP contribution in [0.3, 0.4) is 0 Å². The topological polar surface area (TPSA) is 56.8 Å². The van der Waals surface area contributed by atoms with Gasteiger partial charge >= 0.3 is 6.61 Å². The van der Waals surface area contributed by atoms with Crippen LogP contribution >= 0.6 is 0 Å². The van der Waals surface area contributed by atoms with Crippen molar-refractivity contribution < 1.29 is 27.8 Å². The third-order valence-corrected chi connectivity index (χ3v) is 4.66. The van der Waals surface area contributed by atoms with E-state index in [-0.39, 0.29) is 18.1 Å². The lowest BCUT2D eigenvalue weighted by molar-refractivity contribution is -0.116. The Labute approximate surface area is 179 Å². The predicted molar refractivity (Wildman–Crippen MR) is 115 cm³/mol. The molecule has 0 aliphatic heterocycles. The first-order chi connectivity index (χ1) is 15.0. The van der Waals surface area contributed by atoms with Gasteiger partial charge in [0, 0.05) is 17.7 Å². The van der Waals surface area contributed by atoms with Gasteiger partial charge in [-0.25, -0.2) is 0 Å². The molecule has 7 heteroatoms. The molecule has 0 radical (unpaired) electrons. The molecule has 3 aromatic carbocycles. The van der Waals surface area contributed by atoms with Gasteiger partial charge in [-0.1, -0.05) is 24.3 Å². The lowest BCUT2D eigenvalue weighted by Crippen LogP contribution is -2.12. The molecule has 5 nitrogen and oxygen atoms in total. The molecule has 31 heavy (non-hydrogen) atoms. The first kappa shape index (κ1) is 22.1. The van der Waals surface area contributed by atoms with Crippen LogP contribution in [0, 0.1) is 0 Å². The van der Waals surface area contributed by atoms with Crippen LogP contribution in [0.15, 0.2) is 66.7 Å². The molecule has 3 aromatic rings. The Morgan fingerprint density at radius 3 is 2.35 bits per heavy atom. The Bertz CT molecular complexity index is 1020. The second-order valence-corrected chi connectivity index (χ2v) is 6.72. The number of aryl methyl sites for hydroxylation is 1. The number of rotatable bonds is 9. The minimum absolute atomic E-state index is 0.0227. The molecule has 0 saturated heterocycles. The second-order valence-electron chi connectivity index (χ2n) is 6.72. The number of anilines is 1. The Morgan fingerprint density at radius 1 is 0.935 bits per heavy atom. The summed E-state index contributed by atoms with van der Waals surface area (Å²) in [7, 11) is 3.13. The zero-order valence-electron chi connectivity index (χ0n) is 17.2. The third kappa shape index (κ3) is 6.18. The van der Waals surface area contributed by atoms with E-state index in [0.717, 1.165) is 11.3 Å². The molecular weight excluding hydrogens is 404 g/mol. The van der Waals surface area contributed by atoms with Crippen molar-refractivity contribution in [1.82, 2.24) is 0 Å². The van der Waals surface area contributed by atoms with Crippen molar-refractivity contribution >= 4 is 11.6 Å². The van der Waals surface area contributed by atoms with Gasteiger partial charge in [0.1, 0.15) is 17.2 Å². The molecule has 0 aromatic heterocycles. The number of carbonyl (C=O) groups is 1. The van der Waals surface area contributed by atoms with Crippen molar-refractivity contribution in [3.63, 3.8) is 0 Å². The van der Waals surface area contributed by atoms with Crippen LogP contribution in [-0.2, 0) is 11.2 Å². The number of hydrogen-bond donors (Lipinski definition) is 1. The number of carbonyl (C=O) groups excluding carboxylic acids is 1. The normalized spacial score (nSPS) is 10.6. The highest BCUT2D eigenvalue weighted by molar-refractivity contribution is 5.92. The number of benzene rings is 3. The van der Waals surface area contributed by atoms with Gasteiger partial charge in [-0.3, -0.25) is 4.79 Å². The van der Waals surface area contributed by atoms with Gasteiger partial charge in [-0.15, -0.1) is 0 Å². The maximum Gasteiger partial charge on any atom is 0.387 e. The van der Waals surface area contributed by atoms with Crippen LogP contribution in [0.5, 0.6) is 17.2 Å². The highest BCUT2D eigenvalue weighted by atomic mass is 19.3. The number of hydrogen-bond acceptors (Lipinski definition) is 4. The summed E-state index contributed by atoms with van der Waals surface area (Å²) in [6.45, 7) is -2.96. The summed E-state index contributed by atoms with van der Waals surface area (Å²) in [5.41, 5.74) is 2.56. The van der Waals surface area contributed by atoms with Crippen molar-refractivity contribution in [1.29, 1.82) is 0 Å². The number of ether oxygens (including phenoxy) is 3. The van der Waals surface area contributed by atoms with E-state index in [4.69, 9.17) is 9.47 Å². The van der Waals surface area contributed by atoms with Gasteiger partial charge in [0.25, 0.3) is 0 Å². The average Bonchev–Trinajstić information content (AvgIpc) is 2.78. The molecule has 0 aliphatic carbocycles. The molecule has 0 spiro atoms. The molecule has 0 fully saturated rings. The molecule has 0 saturated carbocycles. The molecule has 0 bridgehead atoms. The molecule has 0 unspecified atom stereocenters. The summed E-state index contributed by atoms with van der Waals surface area (Å²) in [5, 5.41) is 2.82. The number of methoxy groups -OCH3 is 2. The fraction of sp³-hybridized carbons (Fsp3) is 0.208. The molecule has 162 valence electrons. The Balaban J connectivity index is 1.75. The van der Waals surface area contributed by atoms with E-state index < -0.39 is 6.61 Å². The molecule has 1 N–H and O–H groups in total. The van der Waals surface area contributed by atoms with Gasteiger partial charge in [-0.2, -0.15) is 8.78 Å². The SMILES string of the molecule is COc1ccc(-c2cc(NC(=O)CCc3cccc(OC)c3)ccc2OC(F)F)cc1. The van der Waals surface area contributed by atoms with Gasteiger partial charge in [0.15, 0.2) is 0 Å². The van der Waals surface area contributed by atoms with Crippen LogP contribution in [0.1, 0.15) is 12.0 Å². The minimum Gasteiger partial charge on any atom is -0.497 e. The van der Waals surface area contributed by atoms with Crippen molar-refractivity contribution in [2.24, 2.45) is 0 Å². The zero-order valence-corrected chi connectivity index (χ0v) is 17.2. The second kappa shape index (κ2) is 10.4. The van der Waals surface area contributed by atoms with E-state index in [1.807, 2.05) is 24.3 Å². The van der Waals surface area contributed by atoms with E-state index >= 15 is 0 Å². The van der Waals surface area contributed by atoms with Crippen molar-refractivity contribution in [2.45, 2.75) is 19.5 Å². The monoisotopic (exact) mass is 427 g/mol. The van der Waals surface area contributed by atoms with Crippen LogP contribution < -0.4 is 19.5 Å². The summed E-state index contributed by atoms with van der Waals surface area (Å²) < 4.78 is 40.7. The summed E-state index contributed by atoms with van der Waals surface area (Å²) in [6.07, 6.45) is 0.807. The largest absolute Gasteiger partial charge is 0.497 e. The van der Waals surface area contributed by atoms with E-state index in [1.54, 1.807) is 44.6 Å². The molecule has 3 rings (SSSR count). The first-order valence-electron chi connectivity index (χ1n) is 9.64. The van der Waals surface area contributed by atoms with Crippen molar-refractivity contribution in [3.8, 4) is 28.4 Å². The quantitative estimate of drug-likeness (QED) is 0.487. The molecule has 0 aliphatic rings. The van der Waals surface area contributed by atoms with E-state index in [1.165, 1.54) is 12.1 Å². The third-order valence-electron chi connectivity index (χ3n) is 4.66. The number of alkyl halides is 2. The highest BCUT2D eigenvalue weighted by Crippen LogP contribution is 2.34. The average molecular weight is 427 g/mol. The van der Waals surface area contributed by atoms with Gasteiger partial charge in [0.05, 0.1) is 14.2 Å². The van der Waals surface area contributed by atoms with Crippen molar-refractivity contribution in [3.05, 3.63) is 72.3 Å². The predicted octanol–water partition coefficient (Wildman–Crippen LogP) is 5.54. The minimum atomic E-state index is -2.96. The molecule has 0 heterocycles. The number of nitrogens with one attached hydrogen (secondary N) is 1. The maximum atomic E-state index is 12.8. The van der Waals surface area contributed by atoms with Gasteiger partial charge < -0.3 is 19.5 Å². The van der Waals surface area contributed by atoms with Gasteiger partial charge in [0.2, 0.25) is 5.91 Å². The summed E-state index contributed by atoms with van der Waals surface area (Å²) in [6, 6.07) is 19.0. The Kier molecular flexibility index (Phi) is 7.43. The fourth-order valence-corrected chi connectivity index (χ4v) is 3.11. The summed E-state index contributed by atoms with van der Waals surface area (Å²) in [4.78, 5) is 12.4. The maximum absolute atomic E-state index is 12.8. The fourth-order valence-electron chi connectivity index (χ4n) is 3.11. The van der Waals surface area contributed by atoms with Crippen LogP contribution in [0.25, 0.3) is 11.1 Å². The van der Waals surface area contributed by atoms with E-state index in [2.05, 4.69) is 10.1 Å². The molecule has 1 amide bonds. The lowest BCUT2D eigenvalue weighted by Gasteiger charge is -2.14. The summed E-state index contributed by atoms with van der Waals surface area (Å²) >= 11 is 0. The zero-order chi connectivity index (χ0) is 22.2.